The van der Waals surface area contributed by atoms with E-state index >= 15 is 0 Å². The number of carbonyl (C=O) groups is 1. The quantitative estimate of drug-likeness (QED) is 0.865. The van der Waals surface area contributed by atoms with Crippen LogP contribution in [-0.4, -0.2) is 19.1 Å². The number of nitrogens with one attached hydrogen (secondary N) is 2. The first-order chi connectivity index (χ1) is 8.81. The van der Waals surface area contributed by atoms with Gasteiger partial charge in [-0.05, 0) is 31.7 Å². The van der Waals surface area contributed by atoms with E-state index in [4.69, 9.17) is 0 Å². The first-order valence-electron chi connectivity index (χ1n) is 5.95. The van der Waals surface area contributed by atoms with Gasteiger partial charge in [-0.3, -0.25) is 4.79 Å². The third kappa shape index (κ3) is 5.74. The fourth-order valence-corrected chi connectivity index (χ4v) is 1.53. The normalized spacial score (nSPS) is 13.1. The maximum Gasteiger partial charge on any atom is 0.389 e. The molecule has 1 aromatic carbocycles. The minimum atomic E-state index is -4.31. The van der Waals surface area contributed by atoms with E-state index in [-0.39, 0.29) is 6.04 Å². The molecular formula is C13H17F3N2O. The van der Waals surface area contributed by atoms with Gasteiger partial charge in [-0.1, -0.05) is 12.1 Å². The molecule has 0 fully saturated rings. The summed E-state index contributed by atoms with van der Waals surface area (Å²) in [6.07, 6.45) is -5.97. The Bertz CT molecular complexity index is 432. The van der Waals surface area contributed by atoms with E-state index < -0.39 is 24.9 Å². The van der Waals surface area contributed by atoms with Gasteiger partial charge in [0, 0.05) is 18.2 Å². The number of amides is 1. The third-order valence-electron chi connectivity index (χ3n) is 2.74. The van der Waals surface area contributed by atoms with E-state index in [2.05, 4.69) is 10.6 Å². The fraction of sp³-hybridized carbons (Fsp3) is 0.462. The molecule has 6 heteroatoms. The molecule has 0 aliphatic carbocycles. The lowest BCUT2D eigenvalue weighted by Gasteiger charge is -2.13. The molecule has 0 saturated heterocycles. The Morgan fingerprint density at radius 3 is 2.63 bits per heavy atom. The maximum absolute atomic E-state index is 12.0. The number of anilines is 1. The zero-order chi connectivity index (χ0) is 14.5. The van der Waals surface area contributed by atoms with Gasteiger partial charge in [0.05, 0.1) is 6.42 Å². The predicted octanol–water partition coefficient (Wildman–Crippen LogP) is 3.25. The van der Waals surface area contributed by atoms with Gasteiger partial charge in [0.15, 0.2) is 0 Å². The SMILES string of the molecule is CNC(C)c1cccc(NC(=O)CCC(F)(F)F)c1. The van der Waals surface area contributed by atoms with Crippen molar-refractivity contribution in [2.75, 3.05) is 12.4 Å². The molecule has 1 aromatic rings. The number of benzene rings is 1. The van der Waals surface area contributed by atoms with Crippen LogP contribution in [0.1, 0.15) is 31.4 Å². The Balaban J connectivity index is 2.59. The van der Waals surface area contributed by atoms with Crippen LogP contribution in [-0.2, 0) is 4.79 Å². The Labute approximate surface area is 110 Å². The molecule has 0 aliphatic rings. The highest BCUT2D eigenvalue weighted by molar-refractivity contribution is 5.90. The van der Waals surface area contributed by atoms with Gasteiger partial charge in [-0.15, -0.1) is 0 Å². The smallest absolute Gasteiger partial charge is 0.326 e. The second-order valence-electron chi connectivity index (χ2n) is 4.30. The molecular weight excluding hydrogens is 257 g/mol. The summed E-state index contributed by atoms with van der Waals surface area (Å²) < 4.78 is 35.9. The molecule has 1 amide bonds. The molecule has 19 heavy (non-hydrogen) atoms. The molecule has 106 valence electrons. The van der Waals surface area contributed by atoms with E-state index in [0.29, 0.717) is 5.69 Å². The highest BCUT2D eigenvalue weighted by atomic mass is 19.4. The number of alkyl halides is 3. The van der Waals surface area contributed by atoms with Gasteiger partial charge in [-0.25, -0.2) is 0 Å². The first kappa shape index (κ1) is 15.5. The van der Waals surface area contributed by atoms with Crippen LogP contribution in [0.3, 0.4) is 0 Å². The van der Waals surface area contributed by atoms with Gasteiger partial charge in [0.2, 0.25) is 5.91 Å². The van der Waals surface area contributed by atoms with Gasteiger partial charge < -0.3 is 10.6 Å². The van der Waals surface area contributed by atoms with Gasteiger partial charge in [0.1, 0.15) is 0 Å². The Kier molecular flexibility index (Phi) is 5.35. The summed E-state index contributed by atoms with van der Waals surface area (Å²) in [4.78, 5) is 11.4. The lowest BCUT2D eigenvalue weighted by atomic mass is 10.1. The van der Waals surface area contributed by atoms with Crippen molar-refractivity contribution in [3.8, 4) is 0 Å². The van der Waals surface area contributed by atoms with Crippen molar-refractivity contribution in [3.63, 3.8) is 0 Å². The monoisotopic (exact) mass is 274 g/mol. The number of hydrogen-bond donors (Lipinski definition) is 2. The molecule has 2 N–H and O–H groups in total. The molecule has 1 unspecified atom stereocenters. The van der Waals surface area contributed by atoms with Crippen LogP contribution >= 0.6 is 0 Å². The lowest BCUT2D eigenvalue weighted by Crippen LogP contribution is -2.17. The first-order valence-corrected chi connectivity index (χ1v) is 5.95. The molecule has 0 aliphatic heterocycles. The highest BCUT2D eigenvalue weighted by Gasteiger charge is 2.27. The molecule has 1 atom stereocenters. The van der Waals surface area contributed by atoms with Crippen molar-refractivity contribution < 1.29 is 18.0 Å². The molecule has 0 spiro atoms. The van der Waals surface area contributed by atoms with Crippen molar-refractivity contribution in [3.05, 3.63) is 29.8 Å². The van der Waals surface area contributed by atoms with Crippen molar-refractivity contribution >= 4 is 11.6 Å². The molecule has 3 nitrogen and oxygen atoms in total. The number of carbonyl (C=O) groups excluding carboxylic acids is 1. The number of halogens is 3. The van der Waals surface area contributed by atoms with Crippen LogP contribution in [0, 0.1) is 0 Å². The number of hydrogen-bond acceptors (Lipinski definition) is 2. The van der Waals surface area contributed by atoms with Crippen LogP contribution in [0.4, 0.5) is 18.9 Å². The van der Waals surface area contributed by atoms with Crippen molar-refractivity contribution in [2.24, 2.45) is 0 Å². The van der Waals surface area contributed by atoms with Crippen LogP contribution < -0.4 is 10.6 Å². The largest absolute Gasteiger partial charge is 0.389 e. The van der Waals surface area contributed by atoms with E-state index in [1.165, 1.54) is 0 Å². The van der Waals surface area contributed by atoms with Gasteiger partial charge >= 0.3 is 6.18 Å². The standard InChI is InChI=1S/C13H17F3N2O/c1-9(17-2)10-4-3-5-11(8-10)18-12(19)6-7-13(14,15)16/h3-5,8-9,17H,6-7H2,1-2H3,(H,18,19). The second kappa shape index (κ2) is 6.56. The minimum absolute atomic E-state index is 0.104. The molecule has 0 bridgehead atoms. The van der Waals surface area contributed by atoms with E-state index in [1.807, 2.05) is 13.0 Å². The lowest BCUT2D eigenvalue weighted by molar-refractivity contribution is -0.142. The maximum atomic E-state index is 12.0. The Morgan fingerprint density at radius 2 is 2.05 bits per heavy atom. The molecule has 0 aromatic heterocycles. The molecule has 0 saturated carbocycles. The van der Waals surface area contributed by atoms with Crippen LogP contribution in [0.2, 0.25) is 0 Å². The van der Waals surface area contributed by atoms with E-state index in [0.717, 1.165) is 5.56 Å². The van der Waals surface area contributed by atoms with Gasteiger partial charge in [-0.2, -0.15) is 13.2 Å². The average Bonchev–Trinajstić information content (AvgIpc) is 2.35. The van der Waals surface area contributed by atoms with Crippen LogP contribution in [0.15, 0.2) is 24.3 Å². The summed E-state index contributed by atoms with van der Waals surface area (Å²) in [5, 5.41) is 5.51. The van der Waals surface area contributed by atoms with Crippen molar-refractivity contribution in [1.29, 1.82) is 0 Å². The van der Waals surface area contributed by atoms with Crippen molar-refractivity contribution in [1.82, 2.24) is 5.32 Å². The molecule has 0 heterocycles. The van der Waals surface area contributed by atoms with E-state index in [1.54, 1.807) is 25.2 Å². The number of rotatable bonds is 5. The average molecular weight is 274 g/mol. The highest BCUT2D eigenvalue weighted by Crippen LogP contribution is 2.22. The minimum Gasteiger partial charge on any atom is -0.326 e. The summed E-state index contributed by atoms with van der Waals surface area (Å²) in [5.74, 6) is -0.633. The second-order valence-corrected chi connectivity index (χ2v) is 4.30. The van der Waals surface area contributed by atoms with Crippen molar-refractivity contribution in [2.45, 2.75) is 32.0 Å². The summed E-state index contributed by atoms with van der Waals surface area (Å²) >= 11 is 0. The third-order valence-corrected chi connectivity index (χ3v) is 2.74. The zero-order valence-electron chi connectivity index (χ0n) is 10.8. The van der Waals surface area contributed by atoms with Crippen LogP contribution in [0.25, 0.3) is 0 Å². The van der Waals surface area contributed by atoms with Crippen LogP contribution in [0.5, 0.6) is 0 Å². The Morgan fingerprint density at radius 1 is 1.37 bits per heavy atom. The molecule has 1 rings (SSSR count). The summed E-state index contributed by atoms with van der Waals surface area (Å²) in [5.41, 5.74) is 1.46. The summed E-state index contributed by atoms with van der Waals surface area (Å²) in [7, 11) is 1.80. The molecule has 0 radical (unpaired) electrons. The summed E-state index contributed by atoms with van der Waals surface area (Å²) in [6.45, 7) is 1.95. The van der Waals surface area contributed by atoms with E-state index in [9.17, 15) is 18.0 Å². The summed E-state index contributed by atoms with van der Waals surface area (Å²) in [6, 6.07) is 7.13. The Hall–Kier alpha value is -1.56. The fourth-order valence-electron chi connectivity index (χ4n) is 1.53. The van der Waals surface area contributed by atoms with Gasteiger partial charge in [0.25, 0.3) is 0 Å². The topological polar surface area (TPSA) is 41.1 Å². The zero-order valence-corrected chi connectivity index (χ0v) is 10.8. The predicted molar refractivity (Wildman–Crippen MR) is 67.8 cm³/mol.